The molecular formula is C21H20Cl2N4O5. The van der Waals surface area contributed by atoms with Gasteiger partial charge >= 0.3 is 5.69 Å². The lowest BCUT2D eigenvalue weighted by atomic mass is 10.0. The first-order chi connectivity index (χ1) is 15.4. The average molecular weight is 479 g/mol. The van der Waals surface area contributed by atoms with Crippen LogP contribution in [0.2, 0.25) is 10.0 Å². The van der Waals surface area contributed by atoms with Crippen molar-refractivity contribution >= 4 is 39.9 Å². The van der Waals surface area contributed by atoms with Crippen LogP contribution in [-0.2, 0) is 0 Å². The van der Waals surface area contributed by atoms with Gasteiger partial charge in [0.15, 0.2) is 11.5 Å². The van der Waals surface area contributed by atoms with Gasteiger partial charge in [0.2, 0.25) is 0 Å². The van der Waals surface area contributed by atoms with Gasteiger partial charge < -0.3 is 14.5 Å². The summed E-state index contributed by atoms with van der Waals surface area (Å²) in [5.74, 6) is 0.911. The maximum Gasteiger partial charge on any atom is 0.326 e. The summed E-state index contributed by atoms with van der Waals surface area (Å²) in [6.45, 7) is 2.61. The Balaban J connectivity index is 1.23. The van der Waals surface area contributed by atoms with E-state index in [9.17, 15) is 14.9 Å². The summed E-state index contributed by atoms with van der Waals surface area (Å²) in [6, 6.07) is 7.85. The van der Waals surface area contributed by atoms with E-state index in [4.69, 9.17) is 32.7 Å². The van der Waals surface area contributed by atoms with Crippen LogP contribution in [0.15, 0.2) is 35.1 Å². The van der Waals surface area contributed by atoms with Crippen LogP contribution in [0.3, 0.4) is 0 Å². The normalized spacial score (nSPS) is 19.4. The number of nitrogens with one attached hydrogen (secondary N) is 1. The number of imidazole rings is 1. The molecule has 0 radical (unpaired) electrons. The maximum atomic E-state index is 12.6. The van der Waals surface area contributed by atoms with Crippen LogP contribution >= 0.6 is 23.2 Å². The lowest BCUT2D eigenvalue weighted by Gasteiger charge is -2.35. The molecular weight excluding hydrogens is 459 g/mol. The third-order valence-electron chi connectivity index (χ3n) is 6.00. The largest absolute Gasteiger partial charge is 0.486 e. The third kappa shape index (κ3) is 3.92. The molecule has 5 rings (SSSR count). The Hall–Kier alpha value is -2.75. The molecule has 1 unspecified atom stereocenters. The highest BCUT2D eigenvalue weighted by Gasteiger charge is 2.29. The van der Waals surface area contributed by atoms with Crippen LogP contribution in [0.5, 0.6) is 11.5 Å². The Kier molecular flexibility index (Phi) is 5.48. The second-order valence-electron chi connectivity index (χ2n) is 8.05. The average Bonchev–Trinajstić information content (AvgIpc) is 3.08. The lowest BCUT2D eigenvalue weighted by molar-refractivity contribution is -0.385. The van der Waals surface area contributed by atoms with E-state index in [0.717, 1.165) is 31.4 Å². The number of fused-ring (bicyclic) bond motifs is 2. The number of aromatic nitrogens is 2. The number of non-ortho nitro benzene ring substituents is 1. The molecule has 0 saturated carbocycles. The summed E-state index contributed by atoms with van der Waals surface area (Å²) in [6.07, 6.45) is 1.45. The van der Waals surface area contributed by atoms with E-state index < -0.39 is 4.92 Å². The number of benzene rings is 2. The summed E-state index contributed by atoms with van der Waals surface area (Å²) in [5.41, 5.74) is 1.26. The second-order valence-corrected chi connectivity index (χ2v) is 8.87. The predicted octanol–water partition coefficient (Wildman–Crippen LogP) is 4.02. The SMILES string of the molecule is O=c1[nH]c2cc(Cl)c(Cl)cc2n1C1CCN(CC2COc3cc([N+](=O)[O-])ccc3O2)CC1. The molecule has 1 aromatic heterocycles. The molecule has 2 aliphatic rings. The lowest BCUT2D eigenvalue weighted by Crippen LogP contribution is -2.45. The molecule has 0 bridgehead atoms. The molecule has 2 aromatic carbocycles. The highest BCUT2D eigenvalue weighted by atomic mass is 35.5. The number of nitro benzene ring substituents is 1. The summed E-state index contributed by atoms with van der Waals surface area (Å²) in [7, 11) is 0. The van der Waals surface area contributed by atoms with Gasteiger partial charge in [-0.25, -0.2) is 4.79 Å². The molecule has 2 aliphatic heterocycles. The Morgan fingerprint density at radius 1 is 1.12 bits per heavy atom. The first-order valence-electron chi connectivity index (χ1n) is 10.3. The van der Waals surface area contributed by atoms with E-state index in [2.05, 4.69) is 9.88 Å². The van der Waals surface area contributed by atoms with Crippen LogP contribution in [0.25, 0.3) is 11.0 Å². The van der Waals surface area contributed by atoms with Gasteiger partial charge in [-0.3, -0.25) is 19.6 Å². The molecule has 168 valence electrons. The first-order valence-corrected chi connectivity index (χ1v) is 11.0. The molecule has 32 heavy (non-hydrogen) atoms. The zero-order valence-electron chi connectivity index (χ0n) is 16.9. The topological polar surface area (TPSA) is 103 Å². The minimum atomic E-state index is -0.457. The Morgan fingerprint density at radius 2 is 1.88 bits per heavy atom. The van der Waals surface area contributed by atoms with Crippen molar-refractivity contribution in [2.75, 3.05) is 26.2 Å². The molecule has 0 amide bonds. The summed E-state index contributed by atoms with van der Waals surface area (Å²) >= 11 is 12.2. The van der Waals surface area contributed by atoms with Gasteiger partial charge in [0.05, 0.1) is 32.1 Å². The van der Waals surface area contributed by atoms with Crippen LogP contribution in [-0.4, -0.2) is 51.7 Å². The van der Waals surface area contributed by atoms with E-state index in [0.29, 0.717) is 40.2 Å². The number of hydrogen-bond acceptors (Lipinski definition) is 6. The van der Waals surface area contributed by atoms with Gasteiger partial charge in [-0.1, -0.05) is 23.2 Å². The van der Waals surface area contributed by atoms with Gasteiger partial charge in [-0.05, 0) is 31.0 Å². The molecule has 1 fully saturated rings. The number of hydrogen-bond donors (Lipinski definition) is 1. The third-order valence-corrected chi connectivity index (χ3v) is 6.72. The molecule has 0 aliphatic carbocycles. The molecule has 11 heteroatoms. The molecule has 9 nitrogen and oxygen atoms in total. The summed E-state index contributed by atoms with van der Waals surface area (Å²) in [5, 5.41) is 11.7. The van der Waals surface area contributed by atoms with Gasteiger partial charge in [0, 0.05) is 31.7 Å². The number of halogens is 2. The summed E-state index contributed by atoms with van der Waals surface area (Å²) in [4.78, 5) is 28.2. The highest BCUT2D eigenvalue weighted by molar-refractivity contribution is 6.42. The van der Waals surface area contributed by atoms with Crippen molar-refractivity contribution in [3.05, 3.63) is 61.0 Å². The molecule has 1 atom stereocenters. The summed E-state index contributed by atoms with van der Waals surface area (Å²) < 4.78 is 13.5. The first kappa shape index (κ1) is 21.1. The fourth-order valence-electron chi connectivity index (χ4n) is 4.44. The van der Waals surface area contributed by atoms with Crippen LogP contribution in [0, 0.1) is 10.1 Å². The van der Waals surface area contributed by atoms with Crippen LogP contribution in [0.4, 0.5) is 5.69 Å². The van der Waals surface area contributed by atoms with Crippen molar-refractivity contribution in [1.82, 2.24) is 14.5 Å². The maximum absolute atomic E-state index is 12.6. The Labute approximate surface area is 192 Å². The number of nitro groups is 1. The van der Waals surface area contributed by atoms with Crippen molar-refractivity contribution in [3.8, 4) is 11.5 Å². The van der Waals surface area contributed by atoms with E-state index in [1.165, 1.54) is 12.1 Å². The van der Waals surface area contributed by atoms with Crippen LogP contribution in [0.1, 0.15) is 18.9 Å². The fraction of sp³-hybridized carbons (Fsp3) is 0.381. The number of aromatic amines is 1. The molecule has 0 spiro atoms. The number of nitrogens with zero attached hydrogens (tertiary/aromatic N) is 3. The van der Waals surface area contributed by atoms with Gasteiger partial charge in [-0.15, -0.1) is 0 Å². The second kappa shape index (κ2) is 8.31. The zero-order chi connectivity index (χ0) is 22.4. The number of piperidine rings is 1. The van der Waals surface area contributed by atoms with Gasteiger partial charge in [0.1, 0.15) is 12.7 Å². The number of ether oxygens (including phenoxy) is 2. The Bertz CT molecular complexity index is 1250. The number of H-pyrrole nitrogens is 1. The monoisotopic (exact) mass is 478 g/mol. The van der Waals surface area contributed by atoms with Crippen molar-refractivity contribution in [2.45, 2.75) is 25.0 Å². The zero-order valence-corrected chi connectivity index (χ0v) is 18.4. The minimum Gasteiger partial charge on any atom is -0.486 e. The van der Waals surface area contributed by atoms with Crippen molar-refractivity contribution < 1.29 is 14.4 Å². The van der Waals surface area contributed by atoms with E-state index in [1.807, 2.05) is 0 Å². The van der Waals surface area contributed by atoms with E-state index in [1.54, 1.807) is 22.8 Å². The van der Waals surface area contributed by atoms with Crippen molar-refractivity contribution in [3.63, 3.8) is 0 Å². The van der Waals surface area contributed by atoms with Gasteiger partial charge in [-0.2, -0.15) is 0 Å². The van der Waals surface area contributed by atoms with E-state index >= 15 is 0 Å². The smallest absolute Gasteiger partial charge is 0.326 e. The number of likely N-dealkylation sites (tertiary alicyclic amines) is 1. The molecule has 1 N–H and O–H groups in total. The molecule has 3 aromatic rings. The van der Waals surface area contributed by atoms with E-state index in [-0.39, 0.29) is 23.5 Å². The minimum absolute atomic E-state index is 0.0241. The Morgan fingerprint density at radius 3 is 2.62 bits per heavy atom. The highest BCUT2D eigenvalue weighted by Crippen LogP contribution is 2.35. The van der Waals surface area contributed by atoms with Crippen molar-refractivity contribution in [1.29, 1.82) is 0 Å². The molecule has 1 saturated heterocycles. The van der Waals surface area contributed by atoms with Crippen molar-refractivity contribution in [2.24, 2.45) is 0 Å². The predicted molar refractivity (Wildman–Crippen MR) is 120 cm³/mol. The quantitative estimate of drug-likeness (QED) is 0.448. The standard InChI is InChI=1S/C21H20Cl2N4O5/c22-15-8-17-18(9-16(15)23)26(21(28)24-17)12-3-5-25(6-4-12)10-14-11-31-20-7-13(27(29)30)1-2-19(20)32-14/h1-2,7-9,12,14H,3-6,10-11H2,(H,24,28). The fourth-order valence-corrected chi connectivity index (χ4v) is 4.76. The van der Waals surface area contributed by atoms with Crippen LogP contribution < -0.4 is 15.2 Å². The molecule has 3 heterocycles. The van der Waals surface area contributed by atoms with Gasteiger partial charge in [0.25, 0.3) is 5.69 Å². The number of rotatable bonds is 4.